The molecule has 0 unspecified atom stereocenters. The molecule has 1 atom stereocenters. The van der Waals surface area contributed by atoms with Crippen LogP contribution in [0.3, 0.4) is 0 Å². The van der Waals surface area contributed by atoms with Crippen molar-refractivity contribution in [1.29, 1.82) is 0 Å². The lowest BCUT2D eigenvalue weighted by Crippen LogP contribution is -2.49. The number of nitrogens with zero attached hydrogens (tertiary/aromatic N) is 1. The van der Waals surface area contributed by atoms with Gasteiger partial charge in [0.2, 0.25) is 11.8 Å². The maximum Gasteiger partial charge on any atom is 0.242 e. The van der Waals surface area contributed by atoms with E-state index in [0.717, 1.165) is 22.4 Å². The summed E-state index contributed by atoms with van der Waals surface area (Å²) in [5.74, 6) is 0.518. The highest BCUT2D eigenvalue weighted by atomic mass is 16.5. The Morgan fingerprint density at radius 1 is 1.04 bits per heavy atom. The van der Waals surface area contributed by atoms with Crippen LogP contribution in [-0.4, -0.2) is 35.9 Å². The van der Waals surface area contributed by atoms with E-state index >= 15 is 0 Å². The number of carbonyl (C=O) groups is 2. The summed E-state index contributed by atoms with van der Waals surface area (Å²) < 4.78 is 5.17. The predicted molar refractivity (Wildman–Crippen MR) is 111 cm³/mol. The number of rotatable bonds is 8. The molecule has 0 aliphatic rings. The quantitative estimate of drug-likeness (QED) is 0.760. The van der Waals surface area contributed by atoms with Crippen molar-refractivity contribution in [3.63, 3.8) is 0 Å². The number of ether oxygens (including phenoxy) is 1. The minimum absolute atomic E-state index is 0.0203. The molecule has 2 aromatic carbocycles. The summed E-state index contributed by atoms with van der Waals surface area (Å²) >= 11 is 0. The average molecular weight is 383 g/mol. The zero-order chi connectivity index (χ0) is 20.7. The van der Waals surface area contributed by atoms with Crippen LogP contribution in [0.5, 0.6) is 5.75 Å². The highest BCUT2D eigenvalue weighted by molar-refractivity contribution is 5.88. The summed E-state index contributed by atoms with van der Waals surface area (Å²) in [5, 5.41) is 2.91. The number of hydrogen-bond donors (Lipinski definition) is 1. The van der Waals surface area contributed by atoms with E-state index in [1.165, 1.54) is 0 Å². The SMILES string of the molecule is COc1ccc(CC(=O)N(Cc2ccccc2C)[C@H](C)C(=O)NC(C)C)cc1. The fourth-order valence-electron chi connectivity index (χ4n) is 2.98. The molecule has 0 radical (unpaired) electrons. The standard InChI is InChI=1S/C23H30N2O3/c1-16(2)24-23(27)18(4)25(15-20-9-7-6-8-17(20)3)22(26)14-19-10-12-21(28-5)13-11-19/h6-13,16,18H,14-15H2,1-5H3,(H,24,27)/t18-/m1/s1. The molecule has 0 spiro atoms. The van der Waals surface area contributed by atoms with E-state index in [0.29, 0.717) is 6.54 Å². The van der Waals surface area contributed by atoms with Crippen molar-refractivity contribution in [2.45, 2.75) is 52.7 Å². The van der Waals surface area contributed by atoms with Crippen LogP contribution in [0.2, 0.25) is 0 Å². The fraction of sp³-hybridized carbons (Fsp3) is 0.391. The lowest BCUT2D eigenvalue weighted by atomic mass is 10.1. The Kier molecular flexibility index (Phi) is 7.61. The number of aryl methyl sites for hydroxylation is 1. The molecule has 0 aliphatic carbocycles. The van der Waals surface area contributed by atoms with E-state index in [-0.39, 0.29) is 24.3 Å². The van der Waals surface area contributed by atoms with Crippen LogP contribution in [0.4, 0.5) is 0 Å². The zero-order valence-electron chi connectivity index (χ0n) is 17.4. The number of nitrogens with one attached hydrogen (secondary N) is 1. The average Bonchev–Trinajstić information content (AvgIpc) is 2.66. The summed E-state index contributed by atoms with van der Waals surface area (Å²) in [6.45, 7) is 8.02. The smallest absolute Gasteiger partial charge is 0.242 e. The summed E-state index contributed by atoms with van der Waals surface area (Å²) in [4.78, 5) is 27.4. The Hall–Kier alpha value is -2.82. The maximum atomic E-state index is 13.1. The number of hydrogen-bond acceptors (Lipinski definition) is 3. The van der Waals surface area contributed by atoms with Crippen molar-refractivity contribution in [2.75, 3.05) is 7.11 Å². The van der Waals surface area contributed by atoms with E-state index in [2.05, 4.69) is 5.32 Å². The largest absolute Gasteiger partial charge is 0.497 e. The van der Waals surface area contributed by atoms with Crippen molar-refractivity contribution in [3.05, 3.63) is 65.2 Å². The topological polar surface area (TPSA) is 58.6 Å². The van der Waals surface area contributed by atoms with Gasteiger partial charge in [-0.2, -0.15) is 0 Å². The van der Waals surface area contributed by atoms with Gasteiger partial charge in [-0.3, -0.25) is 9.59 Å². The third-order valence-electron chi connectivity index (χ3n) is 4.71. The van der Waals surface area contributed by atoms with Crippen LogP contribution in [0, 0.1) is 6.92 Å². The van der Waals surface area contributed by atoms with Crippen LogP contribution in [0.15, 0.2) is 48.5 Å². The van der Waals surface area contributed by atoms with Gasteiger partial charge in [-0.15, -0.1) is 0 Å². The molecule has 0 heterocycles. The molecule has 2 aromatic rings. The fourth-order valence-corrected chi connectivity index (χ4v) is 2.98. The highest BCUT2D eigenvalue weighted by Crippen LogP contribution is 2.17. The van der Waals surface area contributed by atoms with Gasteiger partial charge in [0.25, 0.3) is 0 Å². The van der Waals surface area contributed by atoms with Crippen molar-refractivity contribution in [2.24, 2.45) is 0 Å². The summed E-state index contributed by atoms with van der Waals surface area (Å²) in [5.41, 5.74) is 3.02. The molecule has 0 aromatic heterocycles. The van der Waals surface area contributed by atoms with Gasteiger partial charge in [-0.05, 0) is 56.5 Å². The number of benzene rings is 2. The Morgan fingerprint density at radius 2 is 1.68 bits per heavy atom. The van der Waals surface area contributed by atoms with E-state index in [1.54, 1.807) is 18.9 Å². The molecule has 0 saturated carbocycles. The normalized spacial score (nSPS) is 11.8. The van der Waals surface area contributed by atoms with E-state index in [4.69, 9.17) is 4.74 Å². The van der Waals surface area contributed by atoms with Gasteiger partial charge in [0, 0.05) is 12.6 Å². The molecule has 5 heteroatoms. The van der Waals surface area contributed by atoms with Crippen LogP contribution >= 0.6 is 0 Å². The monoisotopic (exact) mass is 382 g/mol. The molecule has 0 saturated heterocycles. The van der Waals surface area contributed by atoms with E-state index in [9.17, 15) is 9.59 Å². The summed E-state index contributed by atoms with van der Waals surface area (Å²) in [6, 6.07) is 14.8. The Morgan fingerprint density at radius 3 is 2.25 bits per heavy atom. The number of methoxy groups -OCH3 is 1. The first-order valence-corrected chi connectivity index (χ1v) is 9.59. The molecule has 0 fully saturated rings. The first-order valence-electron chi connectivity index (χ1n) is 9.59. The van der Waals surface area contributed by atoms with Gasteiger partial charge >= 0.3 is 0 Å². The van der Waals surface area contributed by atoms with Gasteiger partial charge in [-0.1, -0.05) is 36.4 Å². The molecule has 1 N–H and O–H groups in total. The molecular formula is C23H30N2O3. The van der Waals surface area contributed by atoms with E-state index in [1.807, 2.05) is 69.3 Å². The third-order valence-corrected chi connectivity index (χ3v) is 4.71. The molecular weight excluding hydrogens is 352 g/mol. The Labute approximate surface area is 167 Å². The first-order chi connectivity index (χ1) is 13.3. The molecule has 150 valence electrons. The minimum Gasteiger partial charge on any atom is -0.497 e. The lowest BCUT2D eigenvalue weighted by Gasteiger charge is -2.30. The molecule has 2 rings (SSSR count). The summed E-state index contributed by atoms with van der Waals surface area (Å²) in [6.07, 6.45) is 0.231. The van der Waals surface area contributed by atoms with Crippen molar-refractivity contribution in [3.8, 4) is 5.75 Å². The van der Waals surface area contributed by atoms with Crippen molar-refractivity contribution < 1.29 is 14.3 Å². The molecule has 0 aliphatic heterocycles. The second-order valence-corrected chi connectivity index (χ2v) is 7.31. The molecule has 0 bridgehead atoms. The highest BCUT2D eigenvalue weighted by Gasteiger charge is 2.26. The van der Waals surface area contributed by atoms with Crippen LogP contribution < -0.4 is 10.1 Å². The Balaban J connectivity index is 2.23. The van der Waals surface area contributed by atoms with Gasteiger partial charge in [0.05, 0.1) is 13.5 Å². The zero-order valence-corrected chi connectivity index (χ0v) is 17.4. The van der Waals surface area contributed by atoms with Crippen molar-refractivity contribution >= 4 is 11.8 Å². The molecule has 2 amide bonds. The lowest BCUT2D eigenvalue weighted by molar-refractivity contribution is -0.140. The van der Waals surface area contributed by atoms with Gasteiger partial charge in [0.15, 0.2) is 0 Å². The third kappa shape index (κ3) is 5.84. The second kappa shape index (κ2) is 9.93. The van der Waals surface area contributed by atoms with E-state index < -0.39 is 6.04 Å². The first kappa shape index (κ1) is 21.5. The molecule has 28 heavy (non-hydrogen) atoms. The Bertz CT molecular complexity index is 800. The van der Waals surface area contributed by atoms with Crippen LogP contribution in [0.1, 0.15) is 37.5 Å². The van der Waals surface area contributed by atoms with Crippen LogP contribution in [-0.2, 0) is 22.6 Å². The summed E-state index contributed by atoms with van der Waals surface area (Å²) in [7, 11) is 1.61. The second-order valence-electron chi connectivity index (χ2n) is 7.31. The van der Waals surface area contributed by atoms with Gasteiger partial charge < -0.3 is 15.0 Å². The molecule has 5 nitrogen and oxygen atoms in total. The van der Waals surface area contributed by atoms with Crippen LogP contribution in [0.25, 0.3) is 0 Å². The number of amides is 2. The van der Waals surface area contributed by atoms with Gasteiger partial charge in [-0.25, -0.2) is 0 Å². The number of carbonyl (C=O) groups excluding carboxylic acids is 2. The predicted octanol–water partition coefficient (Wildman–Crippen LogP) is 3.49. The maximum absolute atomic E-state index is 13.1. The van der Waals surface area contributed by atoms with Crippen molar-refractivity contribution in [1.82, 2.24) is 10.2 Å². The van der Waals surface area contributed by atoms with Gasteiger partial charge in [0.1, 0.15) is 11.8 Å². The minimum atomic E-state index is -0.562.